The Bertz CT molecular complexity index is 466. The Morgan fingerprint density at radius 3 is 2.50 bits per heavy atom. The van der Waals surface area contributed by atoms with Gasteiger partial charge in [0.2, 0.25) is 10.0 Å². The molecule has 0 aromatic heterocycles. The number of aliphatic hydroxyl groups excluding tert-OH is 1. The maximum absolute atomic E-state index is 11.8. The van der Waals surface area contributed by atoms with E-state index in [1.165, 1.54) is 0 Å². The van der Waals surface area contributed by atoms with Gasteiger partial charge in [-0.2, -0.15) is 0 Å². The summed E-state index contributed by atoms with van der Waals surface area (Å²) in [7, 11) is -3.20. The van der Waals surface area contributed by atoms with Crippen LogP contribution in [0.2, 0.25) is 0 Å². The quantitative estimate of drug-likeness (QED) is 0.807. The minimum atomic E-state index is -3.20. The van der Waals surface area contributed by atoms with Crippen LogP contribution >= 0.6 is 0 Å². The molecule has 5 heteroatoms. The highest BCUT2D eigenvalue weighted by Crippen LogP contribution is 2.26. The van der Waals surface area contributed by atoms with E-state index in [9.17, 15) is 8.42 Å². The zero-order valence-corrected chi connectivity index (χ0v) is 11.1. The first-order chi connectivity index (χ1) is 8.55. The average Bonchev–Trinajstić information content (AvgIpc) is 2.32. The lowest BCUT2D eigenvalue weighted by molar-refractivity contribution is 0.0453. The highest BCUT2D eigenvalue weighted by molar-refractivity contribution is 7.89. The van der Waals surface area contributed by atoms with Crippen molar-refractivity contribution in [2.24, 2.45) is 5.92 Å². The predicted molar refractivity (Wildman–Crippen MR) is 70.7 cm³/mol. The largest absolute Gasteiger partial charge is 0.393 e. The van der Waals surface area contributed by atoms with Crippen LogP contribution in [-0.4, -0.2) is 31.9 Å². The van der Waals surface area contributed by atoms with Crippen molar-refractivity contribution in [2.45, 2.75) is 25.4 Å². The maximum atomic E-state index is 11.8. The van der Waals surface area contributed by atoms with Crippen molar-refractivity contribution in [1.82, 2.24) is 4.72 Å². The van der Waals surface area contributed by atoms with Crippen molar-refractivity contribution in [1.29, 1.82) is 0 Å². The third-order valence-electron chi connectivity index (χ3n) is 3.31. The lowest BCUT2D eigenvalue weighted by Crippen LogP contribution is -2.39. The fraction of sp³-hybridized carbons (Fsp3) is 0.538. The summed E-state index contributed by atoms with van der Waals surface area (Å²) in [5.74, 6) is 0.415. The molecule has 1 aromatic rings. The summed E-state index contributed by atoms with van der Waals surface area (Å²) in [6, 6.07) is 9.59. The maximum Gasteiger partial charge on any atom is 0.211 e. The summed E-state index contributed by atoms with van der Waals surface area (Å²) in [5.41, 5.74) is 1.03. The van der Waals surface area contributed by atoms with Gasteiger partial charge < -0.3 is 5.11 Å². The van der Waals surface area contributed by atoms with E-state index in [-0.39, 0.29) is 11.9 Å². The molecule has 2 rings (SSSR count). The molecule has 18 heavy (non-hydrogen) atoms. The summed E-state index contributed by atoms with van der Waals surface area (Å²) in [4.78, 5) is 0. The number of nitrogens with one attached hydrogen (secondary N) is 1. The van der Waals surface area contributed by atoms with Crippen molar-refractivity contribution in [3.63, 3.8) is 0 Å². The van der Waals surface area contributed by atoms with E-state index in [2.05, 4.69) is 4.72 Å². The average molecular weight is 269 g/mol. The van der Waals surface area contributed by atoms with Gasteiger partial charge in [0.15, 0.2) is 0 Å². The van der Waals surface area contributed by atoms with Gasteiger partial charge in [-0.3, -0.25) is 0 Å². The van der Waals surface area contributed by atoms with E-state index in [0.717, 1.165) is 5.56 Å². The normalized spacial score (nSPS) is 23.6. The molecule has 1 fully saturated rings. The van der Waals surface area contributed by atoms with Crippen LogP contribution in [0.3, 0.4) is 0 Å². The van der Waals surface area contributed by atoms with E-state index in [0.29, 0.717) is 31.7 Å². The molecular formula is C13H19NO3S. The Kier molecular flexibility index (Phi) is 4.37. The molecule has 100 valence electrons. The first-order valence-electron chi connectivity index (χ1n) is 6.24. The molecule has 2 N–H and O–H groups in total. The number of rotatable bonds is 6. The van der Waals surface area contributed by atoms with Gasteiger partial charge in [0, 0.05) is 6.54 Å². The minimum Gasteiger partial charge on any atom is -0.393 e. The molecule has 0 aliphatic heterocycles. The summed E-state index contributed by atoms with van der Waals surface area (Å²) in [5, 5.41) is 9.12. The van der Waals surface area contributed by atoms with E-state index < -0.39 is 10.0 Å². The van der Waals surface area contributed by atoms with Crippen LogP contribution in [0.15, 0.2) is 30.3 Å². The SMILES string of the molecule is O=S(=O)(CCc1ccccc1)NCC1CC(O)C1. The number of hydrogen-bond donors (Lipinski definition) is 2. The van der Waals surface area contributed by atoms with Crippen molar-refractivity contribution in [3.8, 4) is 0 Å². The molecule has 0 bridgehead atoms. The third-order valence-corrected chi connectivity index (χ3v) is 4.65. The Labute approximate surface area is 108 Å². The predicted octanol–water partition coefficient (Wildman–Crippen LogP) is 0.919. The Morgan fingerprint density at radius 1 is 1.22 bits per heavy atom. The van der Waals surface area contributed by atoms with Crippen LogP contribution in [0.1, 0.15) is 18.4 Å². The molecule has 1 aliphatic rings. The van der Waals surface area contributed by atoms with Gasteiger partial charge >= 0.3 is 0 Å². The zero-order chi connectivity index (χ0) is 13.0. The lowest BCUT2D eigenvalue weighted by atomic mass is 9.83. The van der Waals surface area contributed by atoms with E-state index in [4.69, 9.17) is 5.11 Å². The second kappa shape index (κ2) is 5.82. The van der Waals surface area contributed by atoms with E-state index in [1.807, 2.05) is 30.3 Å². The van der Waals surface area contributed by atoms with Crippen molar-refractivity contribution in [2.75, 3.05) is 12.3 Å². The standard InChI is InChI=1S/C13H19NO3S/c15-13-8-12(9-13)10-14-18(16,17)7-6-11-4-2-1-3-5-11/h1-5,12-15H,6-10H2. The van der Waals surface area contributed by atoms with Gasteiger partial charge in [0.25, 0.3) is 0 Å². The second-order valence-corrected chi connectivity index (χ2v) is 6.82. The summed E-state index contributed by atoms with van der Waals surface area (Å²) in [6.07, 6.45) is 1.72. The smallest absolute Gasteiger partial charge is 0.211 e. The van der Waals surface area contributed by atoms with Crippen molar-refractivity contribution >= 4 is 10.0 Å². The highest BCUT2D eigenvalue weighted by Gasteiger charge is 2.27. The number of hydrogen-bond acceptors (Lipinski definition) is 3. The van der Waals surface area contributed by atoms with Gasteiger partial charge in [0.1, 0.15) is 0 Å². The van der Waals surface area contributed by atoms with Gasteiger partial charge in [-0.1, -0.05) is 30.3 Å². The minimum absolute atomic E-state index is 0.117. The lowest BCUT2D eigenvalue weighted by Gasteiger charge is -2.31. The topological polar surface area (TPSA) is 66.4 Å². The molecular weight excluding hydrogens is 250 g/mol. The van der Waals surface area contributed by atoms with E-state index in [1.54, 1.807) is 0 Å². The molecule has 0 atom stereocenters. The number of benzene rings is 1. The Balaban J connectivity index is 1.74. The van der Waals surface area contributed by atoms with Crippen LogP contribution in [0, 0.1) is 5.92 Å². The zero-order valence-electron chi connectivity index (χ0n) is 10.2. The summed E-state index contributed by atoms with van der Waals surface area (Å²) >= 11 is 0. The molecule has 0 radical (unpaired) electrons. The molecule has 1 aliphatic carbocycles. The van der Waals surface area contributed by atoms with Crippen molar-refractivity contribution < 1.29 is 13.5 Å². The van der Waals surface area contributed by atoms with Crippen LogP contribution in [-0.2, 0) is 16.4 Å². The van der Waals surface area contributed by atoms with Gasteiger partial charge in [-0.05, 0) is 30.7 Å². The molecule has 4 nitrogen and oxygen atoms in total. The van der Waals surface area contributed by atoms with Gasteiger partial charge in [-0.15, -0.1) is 0 Å². The van der Waals surface area contributed by atoms with E-state index >= 15 is 0 Å². The van der Waals surface area contributed by atoms with Gasteiger partial charge in [-0.25, -0.2) is 13.1 Å². The Morgan fingerprint density at radius 2 is 1.89 bits per heavy atom. The molecule has 0 amide bonds. The summed E-state index contributed by atoms with van der Waals surface area (Å²) < 4.78 is 26.1. The van der Waals surface area contributed by atoms with Crippen LogP contribution in [0.4, 0.5) is 0 Å². The number of aliphatic hydroxyl groups is 1. The molecule has 0 saturated heterocycles. The molecule has 0 unspecified atom stereocenters. The van der Waals surface area contributed by atoms with Crippen molar-refractivity contribution in [3.05, 3.63) is 35.9 Å². The number of sulfonamides is 1. The van der Waals surface area contributed by atoms with Gasteiger partial charge in [0.05, 0.1) is 11.9 Å². The first kappa shape index (κ1) is 13.5. The third kappa shape index (κ3) is 4.08. The first-order valence-corrected chi connectivity index (χ1v) is 7.90. The second-order valence-electron chi connectivity index (χ2n) is 4.89. The molecule has 1 saturated carbocycles. The summed E-state index contributed by atoms with van der Waals surface area (Å²) in [6.45, 7) is 0.453. The van der Waals surface area contributed by atoms with Crippen LogP contribution < -0.4 is 4.72 Å². The van der Waals surface area contributed by atoms with Crippen LogP contribution in [0.5, 0.6) is 0 Å². The number of aryl methyl sites for hydroxylation is 1. The molecule has 1 aromatic carbocycles. The fourth-order valence-corrected chi connectivity index (χ4v) is 3.22. The Hall–Kier alpha value is -0.910. The molecule has 0 heterocycles. The fourth-order valence-electron chi connectivity index (χ4n) is 2.08. The highest BCUT2D eigenvalue weighted by atomic mass is 32.2. The van der Waals surface area contributed by atoms with Crippen LogP contribution in [0.25, 0.3) is 0 Å². The monoisotopic (exact) mass is 269 g/mol. The molecule has 0 spiro atoms.